The first kappa shape index (κ1) is 28.8. The van der Waals surface area contributed by atoms with Crippen LogP contribution in [0.1, 0.15) is 40.2 Å². The van der Waals surface area contributed by atoms with Gasteiger partial charge < -0.3 is 28.9 Å². The van der Waals surface area contributed by atoms with Crippen molar-refractivity contribution in [2.75, 3.05) is 33.4 Å². The Morgan fingerprint density at radius 1 is 1.19 bits per heavy atom. The first-order chi connectivity index (χ1) is 16.7. The number of methoxy groups -OCH3 is 1. The Morgan fingerprint density at radius 3 is 2.47 bits per heavy atom. The quantitative estimate of drug-likeness (QED) is 0.476. The van der Waals surface area contributed by atoms with Gasteiger partial charge in [-0.1, -0.05) is 51.1 Å². The topological polar surface area (TPSA) is 86.3 Å². The number of likely N-dealkylation sites (tertiary alicyclic amines) is 1. The van der Waals surface area contributed by atoms with Crippen molar-refractivity contribution in [3.05, 3.63) is 35.9 Å². The van der Waals surface area contributed by atoms with Crippen LogP contribution in [-0.4, -0.2) is 82.5 Å². The monoisotopic (exact) mass is 520 g/mol. The molecule has 4 atom stereocenters. The van der Waals surface area contributed by atoms with Crippen molar-refractivity contribution in [1.82, 2.24) is 10.2 Å². The zero-order chi connectivity index (χ0) is 26.7. The summed E-state index contributed by atoms with van der Waals surface area (Å²) in [5, 5.41) is 3.21. The molecule has 202 valence electrons. The van der Waals surface area contributed by atoms with Crippen molar-refractivity contribution in [3.8, 4) is 0 Å². The molecular weight excluding hydrogens is 476 g/mol. The van der Waals surface area contributed by atoms with Crippen molar-refractivity contribution >= 4 is 20.1 Å². The van der Waals surface area contributed by atoms with E-state index in [1.807, 2.05) is 32.0 Å². The van der Waals surface area contributed by atoms with E-state index in [0.717, 1.165) is 6.42 Å². The second-order valence-corrected chi connectivity index (χ2v) is 16.7. The van der Waals surface area contributed by atoms with Crippen molar-refractivity contribution in [3.63, 3.8) is 0 Å². The number of hydrogen-bond donors (Lipinski definition) is 1. The molecule has 2 aliphatic rings. The number of amides is 2. The fourth-order valence-corrected chi connectivity index (χ4v) is 5.63. The number of hydrogen-bond acceptors (Lipinski definition) is 6. The van der Waals surface area contributed by atoms with Gasteiger partial charge in [0.25, 0.3) is 0 Å². The Labute approximate surface area is 217 Å². The van der Waals surface area contributed by atoms with Crippen LogP contribution >= 0.6 is 0 Å². The highest BCUT2D eigenvalue weighted by Gasteiger charge is 2.56. The van der Waals surface area contributed by atoms with Gasteiger partial charge in [0.15, 0.2) is 14.1 Å². The Balaban J connectivity index is 1.72. The summed E-state index contributed by atoms with van der Waals surface area (Å²) in [5.74, 6) is -1.20. The zero-order valence-corrected chi connectivity index (χ0v) is 24.1. The molecule has 8 nitrogen and oxygen atoms in total. The summed E-state index contributed by atoms with van der Waals surface area (Å²) in [7, 11) is -0.483. The number of ether oxygens (including phenoxy) is 3. The molecule has 9 heteroatoms. The number of fused-ring (bicyclic) bond motifs is 1. The summed E-state index contributed by atoms with van der Waals surface area (Å²) in [5.41, 5.74) is 1.20. The molecule has 2 aliphatic heterocycles. The fourth-order valence-electron chi connectivity index (χ4n) is 4.54. The highest BCUT2D eigenvalue weighted by atomic mass is 28.4. The molecule has 36 heavy (non-hydrogen) atoms. The van der Waals surface area contributed by atoms with Gasteiger partial charge >= 0.3 is 0 Å². The minimum atomic E-state index is -1.95. The van der Waals surface area contributed by atoms with Crippen LogP contribution in [0, 0.1) is 5.92 Å². The molecule has 2 fully saturated rings. The average Bonchev–Trinajstić information content (AvgIpc) is 3.27. The second-order valence-electron chi connectivity index (χ2n) is 11.9. The summed E-state index contributed by atoms with van der Waals surface area (Å²) >= 11 is 0. The molecule has 1 aromatic carbocycles. The standard InChI is InChI=1S/C27H44N2O6Si/c1-26(2,3)36(7,8)33-17-20(14-19-12-10-9-11-13-19)15-28-25(31)23-24-21(34-27(4,5)35-24)16-29(23)22(30)18-32-6/h9-13,20-21,23-24H,14-18H2,1-8H3,(H,28,31)/t20-,21-,23-,24-/m0/s1. The van der Waals surface area contributed by atoms with Gasteiger partial charge in [0, 0.05) is 26.2 Å². The van der Waals surface area contributed by atoms with Crippen LogP contribution in [-0.2, 0) is 34.6 Å². The van der Waals surface area contributed by atoms with Gasteiger partial charge in [-0.3, -0.25) is 9.59 Å². The van der Waals surface area contributed by atoms with E-state index in [9.17, 15) is 9.59 Å². The summed E-state index contributed by atoms with van der Waals surface area (Å²) in [4.78, 5) is 27.8. The molecule has 0 aromatic heterocycles. The third kappa shape index (κ3) is 6.95. The highest BCUT2D eigenvalue weighted by Crippen LogP contribution is 2.38. The molecule has 0 unspecified atom stereocenters. The normalized spacial score (nSPS) is 24.4. The minimum absolute atomic E-state index is 0.0861. The summed E-state index contributed by atoms with van der Waals surface area (Å²) in [6, 6.07) is 9.48. The average molecular weight is 521 g/mol. The largest absolute Gasteiger partial charge is 0.416 e. The minimum Gasteiger partial charge on any atom is -0.416 e. The van der Waals surface area contributed by atoms with E-state index in [2.05, 4.69) is 51.3 Å². The van der Waals surface area contributed by atoms with Crippen LogP contribution in [0.5, 0.6) is 0 Å². The highest BCUT2D eigenvalue weighted by molar-refractivity contribution is 6.74. The molecule has 2 saturated heterocycles. The first-order valence-electron chi connectivity index (χ1n) is 12.8. The van der Waals surface area contributed by atoms with Gasteiger partial charge in [-0.2, -0.15) is 0 Å². The first-order valence-corrected chi connectivity index (χ1v) is 15.7. The summed E-state index contributed by atoms with van der Waals surface area (Å²) < 4.78 is 23.6. The summed E-state index contributed by atoms with van der Waals surface area (Å²) in [6.45, 7) is 16.0. The molecule has 2 heterocycles. The molecule has 0 bridgehead atoms. The number of nitrogens with zero attached hydrogens (tertiary/aromatic N) is 1. The van der Waals surface area contributed by atoms with Crippen LogP contribution in [0.3, 0.4) is 0 Å². The van der Waals surface area contributed by atoms with Crippen molar-refractivity contribution < 1.29 is 28.2 Å². The maximum atomic E-state index is 13.5. The van der Waals surface area contributed by atoms with Gasteiger partial charge in [0.05, 0.1) is 6.54 Å². The molecule has 3 rings (SSSR count). The van der Waals surface area contributed by atoms with E-state index in [-0.39, 0.29) is 35.5 Å². The SMILES string of the molecule is COCC(=O)N1C[C@@H]2OC(C)(C)O[C@@H]2[C@H]1C(=O)NC[C@@H](CO[Si](C)(C)C(C)(C)C)Cc1ccccc1. The summed E-state index contributed by atoms with van der Waals surface area (Å²) in [6.07, 6.45) is -0.0822. The van der Waals surface area contributed by atoms with E-state index >= 15 is 0 Å². The molecule has 1 N–H and O–H groups in total. The molecule has 0 radical (unpaired) electrons. The van der Waals surface area contributed by atoms with E-state index in [1.54, 1.807) is 0 Å². The number of carbonyl (C=O) groups is 2. The smallest absolute Gasteiger partial charge is 0.249 e. The zero-order valence-electron chi connectivity index (χ0n) is 23.1. The number of rotatable bonds is 10. The lowest BCUT2D eigenvalue weighted by atomic mass is 10.00. The Kier molecular flexibility index (Phi) is 9.04. The van der Waals surface area contributed by atoms with Gasteiger partial charge in [-0.25, -0.2) is 0 Å². The number of benzene rings is 1. The molecule has 0 saturated carbocycles. The van der Waals surface area contributed by atoms with Crippen LogP contribution in [0.2, 0.25) is 18.1 Å². The molecular formula is C27H44N2O6Si. The number of nitrogens with one attached hydrogen (secondary N) is 1. The lowest BCUT2D eigenvalue weighted by Gasteiger charge is -2.37. The molecule has 0 spiro atoms. The van der Waals surface area contributed by atoms with Crippen LogP contribution in [0.15, 0.2) is 30.3 Å². The van der Waals surface area contributed by atoms with Crippen molar-refractivity contribution in [1.29, 1.82) is 0 Å². The Bertz CT molecular complexity index is 901. The van der Waals surface area contributed by atoms with Gasteiger partial charge in [0.1, 0.15) is 24.9 Å². The van der Waals surface area contributed by atoms with Gasteiger partial charge in [0.2, 0.25) is 11.8 Å². The Morgan fingerprint density at radius 2 is 1.86 bits per heavy atom. The van der Waals surface area contributed by atoms with Gasteiger partial charge in [-0.15, -0.1) is 0 Å². The van der Waals surface area contributed by atoms with Crippen LogP contribution < -0.4 is 5.32 Å². The predicted molar refractivity (Wildman–Crippen MR) is 141 cm³/mol. The lowest BCUT2D eigenvalue weighted by molar-refractivity contribution is -0.171. The van der Waals surface area contributed by atoms with E-state index in [0.29, 0.717) is 19.7 Å². The molecule has 2 amide bonds. The second kappa shape index (κ2) is 11.3. The molecule has 1 aromatic rings. The van der Waals surface area contributed by atoms with Gasteiger partial charge in [-0.05, 0) is 44.0 Å². The van der Waals surface area contributed by atoms with Crippen LogP contribution in [0.4, 0.5) is 0 Å². The lowest BCUT2D eigenvalue weighted by Crippen LogP contribution is -2.53. The molecule has 0 aliphatic carbocycles. The number of carbonyl (C=O) groups excluding carboxylic acids is 2. The van der Waals surface area contributed by atoms with Crippen LogP contribution in [0.25, 0.3) is 0 Å². The Hall–Kier alpha value is -1.78. The maximum absolute atomic E-state index is 13.5. The third-order valence-electron chi connectivity index (χ3n) is 7.52. The van der Waals surface area contributed by atoms with Crippen molar-refractivity contribution in [2.24, 2.45) is 5.92 Å². The van der Waals surface area contributed by atoms with E-state index in [4.69, 9.17) is 18.6 Å². The fraction of sp³-hybridized carbons (Fsp3) is 0.704. The maximum Gasteiger partial charge on any atom is 0.249 e. The van der Waals surface area contributed by atoms with Crippen molar-refractivity contribution in [2.45, 2.75) is 83.2 Å². The van der Waals surface area contributed by atoms with E-state index in [1.165, 1.54) is 17.6 Å². The predicted octanol–water partition coefficient (Wildman–Crippen LogP) is 3.36. The third-order valence-corrected chi connectivity index (χ3v) is 12.0. The van der Waals surface area contributed by atoms with E-state index < -0.39 is 26.3 Å².